The third-order valence-corrected chi connectivity index (χ3v) is 1.94. The van der Waals surface area contributed by atoms with Crippen LogP contribution in [0.5, 0.6) is 0 Å². The van der Waals surface area contributed by atoms with Crippen LogP contribution in [0.4, 0.5) is 5.69 Å². The first-order chi connectivity index (χ1) is 6.75. The number of hydrogen-bond acceptors (Lipinski definition) is 4. The number of nitrogen functional groups attached to an aromatic ring is 1. The number of rotatable bonds is 1. The molecule has 0 aliphatic rings. The Balaban J connectivity index is 2.55. The highest BCUT2D eigenvalue weighted by atomic mass is 32.1. The van der Waals surface area contributed by atoms with Gasteiger partial charge >= 0.3 is 0 Å². The van der Waals surface area contributed by atoms with Crippen LogP contribution >= 0.6 is 12.2 Å². The number of aromatic nitrogens is 3. The van der Waals surface area contributed by atoms with Crippen LogP contribution < -0.4 is 5.73 Å². The first kappa shape index (κ1) is 8.83. The molecule has 0 aromatic carbocycles. The van der Waals surface area contributed by atoms with E-state index in [1.54, 1.807) is 30.6 Å². The van der Waals surface area contributed by atoms with Crippen molar-refractivity contribution >= 4 is 17.9 Å². The number of H-pyrrole nitrogens is 1. The Labute approximate surface area is 85.8 Å². The van der Waals surface area contributed by atoms with E-state index in [2.05, 4.69) is 15.0 Å². The van der Waals surface area contributed by atoms with Gasteiger partial charge in [-0.3, -0.25) is 4.98 Å². The lowest BCUT2D eigenvalue weighted by Crippen LogP contribution is -1.91. The minimum absolute atomic E-state index is 0.437. The van der Waals surface area contributed by atoms with Crippen LogP contribution in [0, 0.1) is 4.77 Å². The smallest absolute Gasteiger partial charge is 0.197 e. The van der Waals surface area contributed by atoms with Crippen molar-refractivity contribution in [3.63, 3.8) is 0 Å². The molecule has 0 saturated heterocycles. The average molecular weight is 204 g/mol. The summed E-state index contributed by atoms with van der Waals surface area (Å²) in [6, 6.07) is 5.32. The molecule has 2 aromatic heterocycles. The molecule has 2 aromatic rings. The fourth-order valence-electron chi connectivity index (χ4n) is 1.11. The molecule has 14 heavy (non-hydrogen) atoms. The lowest BCUT2D eigenvalue weighted by Gasteiger charge is -2.00. The van der Waals surface area contributed by atoms with Crippen LogP contribution in [0.25, 0.3) is 11.4 Å². The Morgan fingerprint density at radius 1 is 1.21 bits per heavy atom. The summed E-state index contributed by atoms with van der Waals surface area (Å²) in [6.07, 6.45) is 3.29. The summed E-state index contributed by atoms with van der Waals surface area (Å²) < 4.78 is 0.437. The minimum Gasteiger partial charge on any atom is -0.399 e. The van der Waals surface area contributed by atoms with E-state index in [4.69, 9.17) is 18.0 Å². The standard InChI is InChI=1S/C9H8N4S/c10-6-1-3-11-8(5-6)7-2-4-12-9(14)13-7/h1-5H,(H2,10,11)(H,12,13,14). The molecule has 0 atom stereocenters. The molecule has 70 valence electrons. The van der Waals surface area contributed by atoms with Crippen LogP contribution in [0.3, 0.4) is 0 Å². The maximum atomic E-state index is 5.64. The summed E-state index contributed by atoms with van der Waals surface area (Å²) in [7, 11) is 0. The van der Waals surface area contributed by atoms with Gasteiger partial charge in [0.25, 0.3) is 0 Å². The second kappa shape index (κ2) is 3.55. The van der Waals surface area contributed by atoms with Gasteiger partial charge in [0.05, 0.1) is 11.4 Å². The highest BCUT2D eigenvalue weighted by Gasteiger charge is 1.98. The van der Waals surface area contributed by atoms with Crippen LogP contribution in [0.1, 0.15) is 0 Å². The van der Waals surface area contributed by atoms with Gasteiger partial charge in [-0.15, -0.1) is 0 Å². The normalized spacial score (nSPS) is 10.0. The predicted octanol–water partition coefficient (Wildman–Crippen LogP) is 1.78. The molecule has 0 spiro atoms. The largest absolute Gasteiger partial charge is 0.399 e. The fourth-order valence-corrected chi connectivity index (χ4v) is 1.28. The van der Waals surface area contributed by atoms with Gasteiger partial charge in [0.2, 0.25) is 0 Å². The monoisotopic (exact) mass is 204 g/mol. The third-order valence-electron chi connectivity index (χ3n) is 1.73. The van der Waals surface area contributed by atoms with Crippen LogP contribution in [-0.2, 0) is 0 Å². The maximum Gasteiger partial charge on any atom is 0.197 e. The number of aromatic amines is 1. The highest BCUT2D eigenvalue weighted by Crippen LogP contribution is 2.14. The Morgan fingerprint density at radius 3 is 2.71 bits per heavy atom. The summed E-state index contributed by atoms with van der Waals surface area (Å²) in [5.74, 6) is 0. The second-order valence-electron chi connectivity index (χ2n) is 2.76. The molecule has 0 radical (unpaired) electrons. The zero-order valence-electron chi connectivity index (χ0n) is 7.27. The molecule has 0 unspecified atom stereocenters. The highest BCUT2D eigenvalue weighted by molar-refractivity contribution is 7.71. The number of nitrogens with two attached hydrogens (primary N) is 1. The van der Waals surface area contributed by atoms with Gasteiger partial charge in [0, 0.05) is 18.1 Å². The molecule has 0 saturated carbocycles. The van der Waals surface area contributed by atoms with Crippen molar-refractivity contribution in [1.29, 1.82) is 0 Å². The number of nitrogens with one attached hydrogen (secondary N) is 1. The van der Waals surface area contributed by atoms with E-state index < -0.39 is 0 Å². The van der Waals surface area contributed by atoms with Crippen molar-refractivity contribution < 1.29 is 0 Å². The van der Waals surface area contributed by atoms with Gasteiger partial charge < -0.3 is 10.7 Å². The van der Waals surface area contributed by atoms with E-state index >= 15 is 0 Å². The SMILES string of the molecule is Nc1ccnc(-c2ccnc(=S)[nH]2)c1. The average Bonchev–Trinajstić information content (AvgIpc) is 2.18. The molecular weight excluding hydrogens is 196 g/mol. The molecular formula is C9H8N4S. The molecule has 0 aliphatic carbocycles. The molecule has 0 fully saturated rings. The Bertz CT molecular complexity index is 506. The Kier molecular flexibility index (Phi) is 2.24. The topological polar surface area (TPSA) is 67.6 Å². The van der Waals surface area contributed by atoms with Crippen molar-refractivity contribution in [1.82, 2.24) is 15.0 Å². The zero-order valence-corrected chi connectivity index (χ0v) is 8.08. The third kappa shape index (κ3) is 1.77. The summed E-state index contributed by atoms with van der Waals surface area (Å²) in [6.45, 7) is 0. The molecule has 0 amide bonds. The van der Waals surface area contributed by atoms with Crippen molar-refractivity contribution in [2.75, 3.05) is 5.73 Å². The van der Waals surface area contributed by atoms with Crippen LogP contribution in [-0.4, -0.2) is 15.0 Å². The fraction of sp³-hybridized carbons (Fsp3) is 0. The molecule has 2 heterocycles. The lowest BCUT2D eigenvalue weighted by atomic mass is 10.2. The lowest BCUT2D eigenvalue weighted by molar-refractivity contribution is 1.12. The summed E-state index contributed by atoms with van der Waals surface area (Å²) in [5, 5.41) is 0. The quantitative estimate of drug-likeness (QED) is 0.695. The van der Waals surface area contributed by atoms with Crippen molar-refractivity contribution in [2.24, 2.45) is 0 Å². The Hall–Kier alpha value is -1.75. The summed E-state index contributed by atoms with van der Waals surface area (Å²) in [5.41, 5.74) is 7.89. The van der Waals surface area contributed by atoms with Gasteiger partial charge in [0.15, 0.2) is 4.77 Å². The van der Waals surface area contributed by atoms with Gasteiger partial charge in [0.1, 0.15) is 0 Å². The van der Waals surface area contributed by atoms with E-state index in [9.17, 15) is 0 Å². The first-order valence-corrected chi connectivity index (χ1v) is 4.44. The van der Waals surface area contributed by atoms with Crippen molar-refractivity contribution in [3.05, 3.63) is 35.4 Å². The zero-order chi connectivity index (χ0) is 9.97. The van der Waals surface area contributed by atoms with E-state index in [0.717, 1.165) is 11.4 Å². The maximum absolute atomic E-state index is 5.64. The molecule has 4 nitrogen and oxygen atoms in total. The van der Waals surface area contributed by atoms with Crippen molar-refractivity contribution in [3.8, 4) is 11.4 Å². The van der Waals surface area contributed by atoms with Gasteiger partial charge in [-0.25, -0.2) is 4.98 Å². The van der Waals surface area contributed by atoms with Gasteiger partial charge in [-0.05, 0) is 30.4 Å². The summed E-state index contributed by atoms with van der Waals surface area (Å²) >= 11 is 4.91. The molecule has 5 heteroatoms. The minimum atomic E-state index is 0.437. The van der Waals surface area contributed by atoms with E-state index in [0.29, 0.717) is 10.5 Å². The first-order valence-electron chi connectivity index (χ1n) is 4.03. The van der Waals surface area contributed by atoms with Crippen LogP contribution in [0.2, 0.25) is 0 Å². The number of pyridine rings is 1. The summed E-state index contributed by atoms with van der Waals surface area (Å²) in [4.78, 5) is 11.0. The second-order valence-corrected chi connectivity index (χ2v) is 3.15. The molecule has 2 rings (SSSR count). The Morgan fingerprint density at radius 2 is 2.00 bits per heavy atom. The van der Waals surface area contributed by atoms with E-state index in [1.165, 1.54) is 0 Å². The van der Waals surface area contributed by atoms with Crippen LogP contribution in [0.15, 0.2) is 30.6 Å². The molecule has 3 N–H and O–H groups in total. The predicted molar refractivity (Wildman–Crippen MR) is 57.1 cm³/mol. The molecule has 0 aliphatic heterocycles. The number of nitrogens with zero attached hydrogens (tertiary/aromatic N) is 2. The molecule has 0 bridgehead atoms. The van der Waals surface area contributed by atoms with Gasteiger partial charge in [-0.1, -0.05) is 0 Å². The van der Waals surface area contributed by atoms with Gasteiger partial charge in [-0.2, -0.15) is 0 Å². The van der Waals surface area contributed by atoms with Crippen molar-refractivity contribution in [2.45, 2.75) is 0 Å². The number of anilines is 1. The van der Waals surface area contributed by atoms with E-state index in [1.807, 2.05) is 0 Å². The van der Waals surface area contributed by atoms with E-state index in [-0.39, 0.29) is 0 Å². The number of hydrogen-bond donors (Lipinski definition) is 2.